The highest BCUT2D eigenvalue weighted by molar-refractivity contribution is 5.40. The van der Waals surface area contributed by atoms with Crippen LogP contribution in [-0.2, 0) is 12.8 Å². The molecule has 1 fully saturated rings. The Morgan fingerprint density at radius 1 is 0.871 bits per heavy atom. The van der Waals surface area contributed by atoms with E-state index in [1.807, 2.05) is 0 Å². The van der Waals surface area contributed by atoms with Gasteiger partial charge >= 0.3 is 6.18 Å². The van der Waals surface area contributed by atoms with Crippen molar-refractivity contribution in [3.8, 4) is 11.8 Å². The lowest BCUT2D eigenvalue weighted by molar-refractivity contribution is -0.0696. The summed E-state index contributed by atoms with van der Waals surface area (Å²) in [5.41, 5.74) is 1.96. The molecule has 2 aromatic rings. The molecule has 0 nitrogen and oxygen atoms in total. The molecule has 0 saturated heterocycles. The van der Waals surface area contributed by atoms with Crippen molar-refractivity contribution in [3.05, 3.63) is 70.3 Å². The minimum Gasteiger partial charge on any atom is -0.206 e. The SMILES string of the molecule is CCCC1CCC(c2ccc(CCc3cc(F)c(C#CC(F)(F)F)c(F)c3)cc2)CC1. The van der Waals surface area contributed by atoms with Crippen molar-refractivity contribution in [2.45, 2.75) is 70.4 Å². The molecule has 0 aliphatic heterocycles. The fourth-order valence-electron chi connectivity index (χ4n) is 4.46. The Morgan fingerprint density at radius 3 is 2.00 bits per heavy atom. The Morgan fingerprint density at radius 2 is 1.45 bits per heavy atom. The van der Waals surface area contributed by atoms with Gasteiger partial charge in [-0.15, -0.1) is 0 Å². The smallest absolute Gasteiger partial charge is 0.206 e. The fraction of sp³-hybridized carbons (Fsp3) is 0.462. The molecule has 5 heteroatoms. The molecule has 0 spiro atoms. The van der Waals surface area contributed by atoms with Gasteiger partial charge in [0.2, 0.25) is 0 Å². The third-order valence-electron chi connectivity index (χ3n) is 6.13. The number of hydrogen-bond acceptors (Lipinski definition) is 0. The van der Waals surface area contributed by atoms with Crippen molar-refractivity contribution in [2.75, 3.05) is 0 Å². The molecule has 31 heavy (non-hydrogen) atoms. The second-order valence-electron chi connectivity index (χ2n) is 8.43. The van der Waals surface area contributed by atoms with Crippen molar-refractivity contribution in [2.24, 2.45) is 5.92 Å². The minimum absolute atomic E-state index is 0.391. The van der Waals surface area contributed by atoms with E-state index in [0.29, 0.717) is 24.3 Å². The lowest BCUT2D eigenvalue weighted by Crippen LogP contribution is -2.13. The largest absolute Gasteiger partial charge is 0.458 e. The molecule has 3 rings (SSSR count). The van der Waals surface area contributed by atoms with Gasteiger partial charge in [0, 0.05) is 5.92 Å². The van der Waals surface area contributed by atoms with Gasteiger partial charge in [0.05, 0.1) is 5.56 Å². The maximum atomic E-state index is 14.0. The van der Waals surface area contributed by atoms with Gasteiger partial charge in [-0.05, 0) is 79.2 Å². The van der Waals surface area contributed by atoms with Crippen molar-refractivity contribution in [3.63, 3.8) is 0 Å². The van der Waals surface area contributed by atoms with Crippen molar-refractivity contribution in [1.82, 2.24) is 0 Å². The van der Waals surface area contributed by atoms with E-state index in [1.165, 1.54) is 44.1 Å². The van der Waals surface area contributed by atoms with E-state index in [0.717, 1.165) is 29.5 Å². The molecule has 0 heterocycles. The summed E-state index contributed by atoms with van der Waals surface area (Å²) in [4.78, 5) is 0. The highest BCUT2D eigenvalue weighted by Crippen LogP contribution is 2.37. The molecular formula is C26H27F5. The van der Waals surface area contributed by atoms with Gasteiger partial charge in [0.25, 0.3) is 0 Å². The third-order valence-corrected chi connectivity index (χ3v) is 6.13. The Labute approximate surface area is 180 Å². The normalized spacial score (nSPS) is 19.0. The molecule has 0 amide bonds. The molecule has 0 aromatic heterocycles. The van der Waals surface area contributed by atoms with Gasteiger partial charge in [-0.1, -0.05) is 50.0 Å². The van der Waals surface area contributed by atoms with Crippen LogP contribution in [0.15, 0.2) is 36.4 Å². The third kappa shape index (κ3) is 6.82. The van der Waals surface area contributed by atoms with Crippen LogP contribution in [0.1, 0.15) is 73.6 Å². The van der Waals surface area contributed by atoms with E-state index < -0.39 is 23.4 Å². The molecule has 0 radical (unpaired) electrons. The molecule has 0 atom stereocenters. The number of benzene rings is 2. The summed E-state index contributed by atoms with van der Waals surface area (Å²) in [6, 6.07) is 10.5. The summed E-state index contributed by atoms with van der Waals surface area (Å²) in [6.45, 7) is 2.24. The first kappa shape index (κ1) is 23.3. The van der Waals surface area contributed by atoms with E-state index >= 15 is 0 Å². The van der Waals surface area contributed by atoms with Gasteiger partial charge in [-0.3, -0.25) is 0 Å². The zero-order chi connectivity index (χ0) is 22.4. The van der Waals surface area contributed by atoms with E-state index in [2.05, 4.69) is 31.2 Å². The van der Waals surface area contributed by atoms with Crippen LogP contribution in [0.5, 0.6) is 0 Å². The van der Waals surface area contributed by atoms with Crippen LogP contribution in [0, 0.1) is 29.4 Å². The monoisotopic (exact) mass is 434 g/mol. The van der Waals surface area contributed by atoms with Gasteiger partial charge in [-0.2, -0.15) is 13.2 Å². The second-order valence-corrected chi connectivity index (χ2v) is 8.43. The summed E-state index contributed by atoms with van der Waals surface area (Å²) in [5.74, 6) is 1.79. The predicted octanol–water partition coefficient (Wildman–Crippen LogP) is 7.74. The highest BCUT2D eigenvalue weighted by Gasteiger charge is 2.24. The van der Waals surface area contributed by atoms with E-state index in [9.17, 15) is 22.0 Å². The zero-order valence-corrected chi connectivity index (χ0v) is 17.7. The first-order valence-electron chi connectivity index (χ1n) is 10.9. The topological polar surface area (TPSA) is 0 Å². The molecule has 1 aliphatic carbocycles. The summed E-state index contributed by atoms with van der Waals surface area (Å²) < 4.78 is 64.6. The standard InChI is InChI=1S/C26H27F5/c1-2-3-18-6-10-21(11-7-18)22-12-8-19(9-13-22)4-5-20-16-24(27)23(25(28)17-20)14-15-26(29,30)31/h8-9,12-13,16-18,21H,2-7,10-11H2,1H3. The average molecular weight is 434 g/mol. The second kappa shape index (κ2) is 10.3. The molecule has 166 valence electrons. The lowest BCUT2D eigenvalue weighted by atomic mass is 9.77. The van der Waals surface area contributed by atoms with Crippen LogP contribution >= 0.6 is 0 Å². The predicted molar refractivity (Wildman–Crippen MR) is 113 cm³/mol. The molecule has 2 aromatic carbocycles. The molecule has 1 saturated carbocycles. The summed E-state index contributed by atoms with van der Waals surface area (Å²) in [5, 5.41) is 0. The minimum atomic E-state index is -4.79. The lowest BCUT2D eigenvalue weighted by Gasteiger charge is -2.28. The average Bonchev–Trinajstić information content (AvgIpc) is 2.72. The number of rotatable bonds is 6. The van der Waals surface area contributed by atoms with Gasteiger partial charge in [0.15, 0.2) is 0 Å². The van der Waals surface area contributed by atoms with Crippen LogP contribution < -0.4 is 0 Å². The Hall–Kier alpha value is -2.35. The Kier molecular flexibility index (Phi) is 7.75. The fourth-order valence-corrected chi connectivity index (χ4v) is 4.46. The maximum absolute atomic E-state index is 14.0. The first-order valence-corrected chi connectivity index (χ1v) is 10.9. The molecule has 0 unspecified atom stereocenters. The Balaban J connectivity index is 1.58. The van der Waals surface area contributed by atoms with Crippen molar-refractivity contribution < 1.29 is 22.0 Å². The maximum Gasteiger partial charge on any atom is 0.458 e. The Bertz CT molecular complexity index is 900. The number of aryl methyl sites for hydroxylation is 2. The van der Waals surface area contributed by atoms with E-state index in [4.69, 9.17) is 0 Å². The van der Waals surface area contributed by atoms with Crippen LogP contribution in [0.4, 0.5) is 22.0 Å². The van der Waals surface area contributed by atoms with Crippen molar-refractivity contribution >= 4 is 0 Å². The number of alkyl halides is 3. The number of hydrogen-bond donors (Lipinski definition) is 0. The summed E-state index contributed by atoms with van der Waals surface area (Å²) in [7, 11) is 0. The quantitative estimate of drug-likeness (QED) is 0.322. The van der Waals surface area contributed by atoms with Gasteiger partial charge in [-0.25, -0.2) is 8.78 Å². The van der Waals surface area contributed by atoms with E-state index in [1.54, 1.807) is 5.92 Å². The summed E-state index contributed by atoms with van der Waals surface area (Å²) in [6.07, 6.45) is 3.81. The zero-order valence-electron chi connectivity index (χ0n) is 17.7. The van der Waals surface area contributed by atoms with Crippen LogP contribution in [-0.4, -0.2) is 6.18 Å². The van der Waals surface area contributed by atoms with Crippen molar-refractivity contribution in [1.29, 1.82) is 0 Å². The van der Waals surface area contributed by atoms with E-state index in [-0.39, 0.29) is 0 Å². The number of halogens is 5. The molecule has 0 N–H and O–H groups in total. The van der Waals surface area contributed by atoms with Gasteiger partial charge in [0.1, 0.15) is 11.6 Å². The van der Waals surface area contributed by atoms with Crippen LogP contribution in [0.2, 0.25) is 0 Å². The molecule has 0 bridgehead atoms. The molecule has 1 aliphatic rings. The summed E-state index contributed by atoms with van der Waals surface area (Å²) >= 11 is 0. The van der Waals surface area contributed by atoms with Crippen LogP contribution in [0.3, 0.4) is 0 Å². The van der Waals surface area contributed by atoms with Gasteiger partial charge < -0.3 is 0 Å². The van der Waals surface area contributed by atoms with Crippen LogP contribution in [0.25, 0.3) is 0 Å². The highest BCUT2D eigenvalue weighted by atomic mass is 19.4. The first-order chi connectivity index (χ1) is 14.7. The molecular weight excluding hydrogens is 407 g/mol.